The lowest BCUT2D eigenvalue weighted by atomic mass is 10.1. The average Bonchev–Trinajstić information content (AvgIpc) is 2.28. The van der Waals surface area contributed by atoms with Gasteiger partial charge in [-0.25, -0.2) is 0 Å². The van der Waals surface area contributed by atoms with E-state index in [1.807, 2.05) is 18.2 Å². The van der Waals surface area contributed by atoms with Gasteiger partial charge >= 0.3 is 0 Å². The summed E-state index contributed by atoms with van der Waals surface area (Å²) in [6, 6.07) is 5.97. The Morgan fingerprint density at radius 3 is 2.63 bits per heavy atom. The summed E-state index contributed by atoms with van der Waals surface area (Å²) in [5.41, 5.74) is 1.26. The Balaban J connectivity index is 2.61. The van der Waals surface area contributed by atoms with E-state index < -0.39 is 0 Å². The van der Waals surface area contributed by atoms with Crippen LogP contribution in [0.5, 0.6) is 5.75 Å². The summed E-state index contributed by atoms with van der Waals surface area (Å²) >= 11 is 3.55. The van der Waals surface area contributed by atoms with Crippen molar-refractivity contribution in [3.8, 4) is 5.75 Å². The van der Waals surface area contributed by atoms with Crippen molar-refractivity contribution in [2.45, 2.75) is 52.3 Å². The van der Waals surface area contributed by atoms with Crippen LogP contribution in [0, 0.1) is 0 Å². The van der Waals surface area contributed by atoms with Crippen molar-refractivity contribution in [3.05, 3.63) is 28.2 Å². The Kier molecular flexibility index (Phi) is 6.30. The van der Waals surface area contributed by atoms with Gasteiger partial charge in [0.15, 0.2) is 0 Å². The smallest absolute Gasteiger partial charge is 0.119 e. The lowest BCUT2D eigenvalue weighted by Gasteiger charge is -2.21. The van der Waals surface area contributed by atoms with Crippen LogP contribution in [0.3, 0.4) is 0 Å². The quantitative estimate of drug-likeness (QED) is 0.839. The molecular formula is C15H24BrNO2. The van der Waals surface area contributed by atoms with Crippen molar-refractivity contribution in [1.29, 1.82) is 0 Å². The summed E-state index contributed by atoms with van der Waals surface area (Å²) < 4.78 is 6.71. The topological polar surface area (TPSA) is 41.5 Å². The molecule has 0 bridgehead atoms. The molecule has 19 heavy (non-hydrogen) atoms. The van der Waals surface area contributed by atoms with Gasteiger partial charge < -0.3 is 15.2 Å². The van der Waals surface area contributed by atoms with Gasteiger partial charge in [-0.3, -0.25) is 0 Å². The molecule has 0 radical (unpaired) electrons. The summed E-state index contributed by atoms with van der Waals surface area (Å²) in [7, 11) is 0. The third-order valence-corrected chi connectivity index (χ3v) is 3.40. The summed E-state index contributed by atoms with van der Waals surface area (Å²) in [5, 5.41) is 12.7. The standard InChI is InChI=1S/C15H24BrNO2/c1-11(18)7-8-19-13-5-6-14(16)12(9-13)10-17-15(2,3)4/h5-6,9,11,17-18H,7-8,10H2,1-4H3. The highest BCUT2D eigenvalue weighted by Crippen LogP contribution is 2.23. The molecule has 0 aliphatic carbocycles. The van der Waals surface area contributed by atoms with Gasteiger partial charge in [-0.05, 0) is 51.5 Å². The SMILES string of the molecule is CC(O)CCOc1ccc(Br)c(CNC(C)(C)C)c1. The van der Waals surface area contributed by atoms with E-state index in [1.165, 1.54) is 5.56 Å². The fraction of sp³-hybridized carbons (Fsp3) is 0.600. The highest BCUT2D eigenvalue weighted by atomic mass is 79.9. The van der Waals surface area contributed by atoms with E-state index >= 15 is 0 Å². The second kappa shape index (κ2) is 7.27. The fourth-order valence-electron chi connectivity index (χ4n) is 1.48. The number of benzene rings is 1. The van der Waals surface area contributed by atoms with Gasteiger partial charge in [0.05, 0.1) is 12.7 Å². The van der Waals surface area contributed by atoms with Crippen LogP contribution in [0.15, 0.2) is 22.7 Å². The van der Waals surface area contributed by atoms with Gasteiger partial charge in [-0.1, -0.05) is 15.9 Å². The molecule has 0 saturated heterocycles. The molecule has 1 aromatic rings. The Labute approximate surface area is 124 Å². The third kappa shape index (κ3) is 6.95. The molecular weight excluding hydrogens is 306 g/mol. The van der Waals surface area contributed by atoms with Crippen LogP contribution in [-0.2, 0) is 6.54 Å². The number of rotatable bonds is 6. The average molecular weight is 330 g/mol. The van der Waals surface area contributed by atoms with E-state index in [9.17, 15) is 5.11 Å². The zero-order chi connectivity index (χ0) is 14.5. The normalized spacial score (nSPS) is 13.4. The Morgan fingerprint density at radius 1 is 1.37 bits per heavy atom. The van der Waals surface area contributed by atoms with Crippen molar-refractivity contribution in [2.24, 2.45) is 0 Å². The first-order valence-corrected chi connectivity index (χ1v) is 7.41. The molecule has 0 aliphatic rings. The highest BCUT2D eigenvalue weighted by molar-refractivity contribution is 9.10. The van der Waals surface area contributed by atoms with Gasteiger partial charge in [0.1, 0.15) is 5.75 Å². The number of aliphatic hydroxyl groups excluding tert-OH is 1. The maximum Gasteiger partial charge on any atom is 0.119 e. The van der Waals surface area contributed by atoms with Gasteiger partial charge in [0.25, 0.3) is 0 Å². The van der Waals surface area contributed by atoms with Crippen LogP contribution in [0.1, 0.15) is 39.7 Å². The second-order valence-corrected chi connectivity index (χ2v) is 6.70. The summed E-state index contributed by atoms with van der Waals surface area (Å²) in [4.78, 5) is 0. The van der Waals surface area contributed by atoms with Crippen molar-refractivity contribution in [1.82, 2.24) is 5.32 Å². The number of hydrogen-bond donors (Lipinski definition) is 2. The molecule has 1 rings (SSSR count). The zero-order valence-corrected chi connectivity index (χ0v) is 13.8. The van der Waals surface area contributed by atoms with E-state index in [2.05, 4.69) is 42.0 Å². The number of nitrogens with one attached hydrogen (secondary N) is 1. The molecule has 108 valence electrons. The van der Waals surface area contributed by atoms with Crippen LogP contribution in [0.25, 0.3) is 0 Å². The zero-order valence-electron chi connectivity index (χ0n) is 12.2. The van der Waals surface area contributed by atoms with E-state index in [-0.39, 0.29) is 11.6 Å². The van der Waals surface area contributed by atoms with Crippen LogP contribution in [0.4, 0.5) is 0 Å². The molecule has 0 heterocycles. The van der Waals surface area contributed by atoms with E-state index in [1.54, 1.807) is 6.92 Å². The fourth-order valence-corrected chi connectivity index (χ4v) is 1.87. The van der Waals surface area contributed by atoms with Crippen LogP contribution in [-0.4, -0.2) is 23.4 Å². The predicted octanol–water partition coefficient (Wildman–Crippen LogP) is 3.49. The largest absolute Gasteiger partial charge is 0.493 e. The van der Waals surface area contributed by atoms with Crippen LogP contribution < -0.4 is 10.1 Å². The Hall–Kier alpha value is -0.580. The molecule has 0 amide bonds. The predicted molar refractivity (Wildman–Crippen MR) is 82.5 cm³/mol. The first kappa shape index (κ1) is 16.5. The second-order valence-electron chi connectivity index (χ2n) is 5.84. The minimum absolute atomic E-state index is 0.0859. The van der Waals surface area contributed by atoms with E-state index in [0.29, 0.717) is 13.0 Å². The van der Waals surface area contributed by atoms with Gasteiger partial charge in [0.2, 0.25) is 0 Å². The maximum absolute atomic E-state index is 9.21. The molecule has 1 atom stereocenters. The number of aliphatic hydroxyl groups is 1. The first-order valence-electron chi connectivity index (χ1n) is 6.62. The Morgan fingerprint density at radius 2 is 2.05 bits per heavy atom. The summed E-state index contributed by atoms with van der Waals surface area (Å²) in [6.07, 6.45) is 0.323. The molecule has 0 aromatic heterocycles. The van der Waals surface area contributed by atoms with Gasteiger partial charge in [-0.2, -0.15) is 0 Å². The number of ether oxygens (including phenoxy) is 1. The van der Waals surface area contributed by atoms with Crippen LogP contribution in [0.2, 0.25) is 0 Å². The molecule has 0 aliphatic heterocycles. The van der Waals surface area contributed by atoms with Crippen molar-refractivity contribution in [2.75, 3.05) is 6.61 Å². The van der Waals surface area contributed by atoms with Crippen molar-refractivity contribution in [3.63, 3.8) is 0 Å². The number of hydrogen-bond acceptors (Lipinski definition) is 3. The van der Waals surface area contributed by atoms with Gasteiger partial charge in [0, 0.05) is 23.0 Å². The molecule has 1 unspecified atom stereocenters. The first-order chi connectivity index (χ1) is 8.78. The lowest BCUT2D eigenvalue weighted by molar-refractivity contribution is 0.155. The molecule has 0 fully saturated rings. The molecule has 1 aromatic carbocycles. The van der Waals surface area contributed by atoms with Gasteiger partial charge in [-0.15, -0.1) is 0 Å². The van der Waals surface area contributed by atoms with E-state index in [4.69, 9.17) is 4.74 Å². The van der Waals surface area contributed by atoms with E-state index in [0.717, 1.165) is 16.8 Å². The highest BCUT2D eigenvalue weighted by Gasteiger charge is 2.10. The maximum atomic E-state index is 9.21. The van der Waals surface area contributed by atoms with Crippen molar-refractivity contribution >= 4 is 15.9 Å². The van der Waals surface area contributed by atoms with Crippen molar-refractivity contribution < 1.29 is 9.84 Å². The molecule has 2 N–H and O–H groups in total. The summed E-state index contributed by atoms with van der Waals surface area (Å²) in [5.74, 6) is 0.842. The third-order valence-electron chi connectivity index (χ3n) is 2.63. The minimum atomic E-state index is -0.322. The Bertz CT molecular complexity index is 400. The molecule has 4 heteroatoms. The lowest BCUT2D eigenvalue weighted by Crippen LogP contribution is -2.35. The monoisotopic (exact) mass is 329 g/mol. The summed E-state index contributed by atoms with van der Waals surface area (Å²) in [6.45, 7) is 9.52. The number of halogens is 1. The van der Waals surface area contributed by atoms with Crippen LogP contribution >= 0.6 is 15.9 Å². The molecule has 0 saturated carbocycles. The molecule has 3 nitrogen and oxygen atoms in total. The minimum Gasteiger partial charge on any atom is -0.493 e. The molecule has 0 spiro atoms.